The van der Waals surface area contributed by atoms with Crippen molar-refractivity contribution in [2.45, 2.75) is 31.8 Å². The van der Waals surface area contributed by atoms with E-state index in [1.165, 1.54) is 11.3 Å². The van der Waals surface area contributed by atoms with Gasteiger partial charge < -0.3 is 10.2 Å². The fourth-order valence-electron chi connectivity index (χ4n) is 3.04. The average Bonchev–Trinajstić information content (AvgIpc) is 3.26. The minimum Gasteiger partial charge on any atom is -0.348 e. The fraction of sp³-hybridized carbons (Fsp3) is 0.333. The van der Waals surface area contributed by atoms with E-state index in [9.17, 15) is 9.59 Å². The molecule has 1 unspecified atom stereocenters. The van der Waals surface area contributed by atoms with Crippen molar-refractivity contribution >= 4 is 39.1 Å². The number of hydrogen-bond acceptors (Lipinski definition) is 3. The Balaban J connectivity index is 1.70. The van der Waals surface area contributed by atoms with Gasteiger partial charge in [0.1, 0.15) is 6.04 Å². The molecule has 2 atom stereocenters. The Hall–Kier alpha value is -1.66. The van der Waals surface area contributed by atoms with Crippen LogP contribution in [0.4, 0.5) is 0 Å². The zero-order valence-corrected chi connectivity index (χ0v) is 15.8. The van der Waals surface area contributed by atoms with E-state index in [4.69, 9.17) is 0 Å². The van der Waals surface area contributed by atoms with Gasteiger partial charge in [0.2, 0.25) is 5.91 Å². The monoisotopic (exact) mass is 406 g/mol. The largest absolute Gasteiger partial charge is 0.348 e. The first-order valence-corrected chi connectivity index (χ1v) is 9.64. The molecule has 1 aliphatic heterocycles. The van der Waals surface area contributed by atoms with Crippen LogP contribution in [0.2, 0.25) is 0 Å². The second-order valence-corrected chi connectivity index (χ2v) is 7.69. The van der Waals surface area contributed by atoms with E-state index in [1.54, 1.807) is 4.90 Å². The van der Waals surface area contributed by atoms with Crippen molar-refractivity contribution in [3.05, 3.63) is 56.7 Å². The summed E-state index contributed by atoms with van der Waals surface area (Å²) in [4.78, 5) is 27.7. The lowest BCUT2D eigenvalue weighted by molar-refractivity contribution is -0.125. The SMILES string of the molecule is CC(NC(=O)[C@@H]1CCCN1C(=O)c1cccs1)c1ccccc1Br. The molecule has 1 saturated heterocycles. The first kappa shape index (κ1) is 17.2. The first-order chi connectivity index (χ1) is 11.6. The van der Waals surface area contributed by atoms with Crippen LogP contribution in [0.3, 0.4) is 0 Å². The zero-order valence-electron chi connectivity index (χ0n) is 13.4. The topological polar surface area (TPSA) is 49.4 Å². The second kappa shape index (κ2) is 7.49. The number of carbonyl (C=O) groups excluding carboxylic acids is 2. The van der Waals surface area contributed by atoms with E-state index < -0.39 is 0 Å². The van der Waals surface area contributed by atoms with E-state index in [0.717, 1.165) is 16.5 Å². The van der Waals surface area contributed by atoms with Gasteiger partial charge in [0.15, 0.2) is 0 Å². The number of benzene rings is 1. The fourth-order valence-corrected chi connectivity index (χ4v) is 4.34. The molecule has 1 aromatic heterocycles. The van der Waals surface area contributed by atoms with Crippen LogP contribution in [0.1, 0.15) is 41.0 Å². The molecule has 24 heavy (non-hydrogen) atoms. The lowest BCUT2D eigenvalue weighted by atomic mass is 10.1. The van der Waals surface area contributed by atoms with Crippen LogP contribution in [-0.2, 0) is 4.79 Å². The minimum absolute atomic E-state index is 0.0452. The highest BCUT2D eigenvalue weighted by Crippen LogP contribution is 2.25. The van der Waals surface area contributed by atoms with E-state index in [2.05, 4.69) is 21.2 Å². The van der Waals surface area contributed by atoms with Gasteiger partial charge in [0, 0.05) is 11.0 Å². The third kappa shape index (κ3) is 3.54. The number of thiophene rings is 1. The molecule has 6 heteroatoms. The van der Waals surface area contributed by atoms with Crippen molar-refractivity contribution in [2.24, 2.45) is 0 Å². The molecule has 1 aromatic carbocycles. The Kier molecular flexibility index (Phi) is 5.36. The van der Waals surface area contributed by atoms with Crippen molar-refractivity contribution in [2.75, 3.05) is 6.54 Å². The van der Waals surface area contributed by atoms with Gasteiger partial charge in [-0.2, -0.15) is 0 Å². The summed E-state index contributed by atoms with van der Waals surface area (Å²) in [7, 11) is 0. The highest BCUT2D eigenvalue weighted by Gasteiger charge is 2.35. The van der Waals surface area contributed by atoms with Crippen LogP contribution in [0.5, 0.6) is 0 Å². The maximum absolute atomic E-state index is 12.7. The molecule has 1 aliphatic rings. The summed E-state index contributed by atoms with van der Waals surface area (Å²) in [6.07, 6.45) is 1.57. The van der Waals surface area contributed by atoms with Crippen molar-refractivity contribution < 1.29 is 9.59 Å². The van der Waals surface area contributed by atoms with Gasteiger partial charge in [-0.25, -0.2) is 0 Å². The van der Waals surface area contributed by atoms with Crippen LogP contribution < -0.4 is 5.32 Å². The van der Waals surface area contributed by atoms with Crippen LogP contribution >= 0.6 is 27.3 Å². The van der Waals surface area contributed by atoms with Crippen molar-refractivity contribution in [1.82, 2.24) is 10.2 Å². The zero-order chi connectivity index (χ0) is 17.1. The normalized spacial score (nSPS) is 18.4. The molecule has 0 spiro atoms. The summed E-state index contributed by atoms with van der Waals surface area (Å²) >= 11 is 4.93. The van der Waals surface area contributed by atoms with Crippen molar-refractivity contribution in [3.63, 3.8) is 0 Å². The Morgan fingerprint density at radius 1 is 1.29 bits per heavy atom. The van der Waals surface area contributed by atoms with E-state index >= 15 is 0 Å². The van der Waals surface area contributed by atoms with Gasteiger partial charge in [0.25, 0.3) is 5.91 Å². The van der Waals surface area contributed by atoms with Crippen LogP contribution in [-0.4, -0.2) is 29.3 Å². The third-order valence-electron chi connectivity index (χ3n) is 4.28. The summed E-state index contributed by atoms with van der Waals surface area (Å²) in [6, 6.07) is 11.0. The highest BCUT2D eigenvalue weighted by atomic mass is 79.9. The van der Waals surface area contributed by atoms with E-state index in [0.29, 0.717) is 17.8 Å². The molecular formula is C18H19BrN2O2S. The molecule has 0 aliphatic carbocycles. The maximum atomic E-state index is 12.7. The number of carbonyl (C=O) groups is 2. The van der Waals surface area contributed by atoms with Gasteiger partial charge in [-0.15, -0.1) is 11.3 Å². The first-order valence-electron chi connectivity index (χ1n) is 7.97. The average molecular weight is 407 g/mol. The van der Waals surface area contributed by atoms with Crippen molar-refractivity contribution in [1.29, 1.82) is 0 Å². The second-order valence-electron chi connectivity index (χ2n) is 5.89. The van der Waals surface area contributed by atoms with Gasteiger partial charge in [-0.05, 0) is 42.8 Å². The Bertz CT molecular complexity index is 732. The number of nitrogens with zero attached hydrogens (tertiary/aromatic N) is 1. The highest BCUT2D eigenvalue weighted by molar-refractivity contribution is 9.10. The Labute approximate surface area is 154 Å². The molecule has 0 bridgehead atoms. The predicted octanol–water partition coefficient (Wildman–Crippen LogP) is 3.99. The molecule has 1 N–H and O–H groups in total. The minimum atomic E-state index is -0.385. The van der Waals surface area contributed by atoms with E-state index in [-0.39, 0.29) is 23.9 Å². The number of hydrogen-bond donors (Lipinski definition) is 1. The summed E-state index contributed by atoms with van der Waals surface area (Å²) < 4.78 is 0.968. The number of likely N-dealkylation sites (tertiary alicyclic amines) is 1. The van der Waals surface area contributed by atoms with Gasteiger partial charge in [-0.1, -0.05) is 40.2 Å². The molecule has 2 aromatic rings. The maximum Gasteiger partial charge on any atom is 0.264 e. The molecule has 4 nitrogen and oxygen atoms in total. The van der Waals surface area contributed by atoms with Gasteiger partial charge in [-0.3, -0.25) is 9.59 Å². The molecule has 0 saturated carbocycles. The lowest BCUT2D eigenvalue weighted by Gasteiger charge is -2.25. The molecule has 0 radical (unpaired) electrons. The molecular weight excluding hydrogens is 388 g/mol. The van der Waals surface area contributed by atoms with E-state index in [1.807, 2.05) is 48.7 Å². The molecule has 3 rings (SSSR count). The Morgan fingerprint density at radius 3 is 2.79 bits per heavy atom. The number of amides is 2. The van der Waals surface area contributed by atoms with Crippen LogP contribution in [0.15, 0.2) is 46.3 Å². The summed E-state index contributed by atoms with van der Waals surface area (Å²) in [5.41, 5.74) is 1.03. The smallest absolute Gasteiger partial charge is 0.264 e. The lowest BCUT2D eigenvalue weighted by Crippen LogP contribution is -2.46. The van der Waals surface area contributed by atoms with Crippen LogP contribution in [0, 0.1) is 0 Å². The number of rotatable bonds is 4. The molecule has 2 amide bonds. The number of nitrogens with one attached hydrogen (secondary N) is 1. The quantitative estimate of drug-likeness (QED) is 0.833. The standard InChI is InChI=1S/C18H19BrN2O2S/c1-12(13-6-2-3-7-14(13)19)20-17(22)15-8-4-10-21(15)18(23)16-9-5-11-24-16/h2-3,5-7,9,11-12,15H,4,8,10H2,1H3,(H,20,22)/t12?,15-/m0/s1. The predicted molar refractivity (Wildman–Crippen MR) is 99.1 cm³/mol. The van der Waals surface area contributed by atoms with Crippen molar-refractivity contribution in [3.8, 4) is 0 Å². The summed E-state index contributed by atoms with van der Waals surface area (Å²) in [5, 5.41) is 4.93. The molecule has 1 fully saturated rings. The van der Waals surface area contributed by atoms with Gasteiger partial charge in [0.05, 0.1) is 10.9 Å². The molecule has 2 heterocycles. The van der Waals surface area contributed by atoms with Crippen LogP contribution in [0.25, 0.3) is 0 Å². The summed E-state index contributed by atoms with van der Waals surface area (Å²) in [5.74, 6) is -0.128. The Morgan fingerprint density at radius 2 is 2.08 bits per heavy atom. The van der Waals surface area contributed by atoms with Gasteiger partial charge >= 0.3 is 0 Å². The number of halogens is 1. The third-order valence-corrected chi connectivity index (χ3v) is 5.86. The summed E-state index contributed by atoms with van der Waals surface area (Å²) in [6.45, 7) is 2.59. The molecule has 126 valence electrons.